The molecule has 0 aliphatic rings. The molecule has 0 fully saturated rings. The summed E-state index contributed by atoms with van der Waals surface area (Å²) in [6, 6.07) is 10.0. The summed E-state index contributed by atoms with van der Waals surface area (Å²) >= 11 is 0. The summed E-state index contributed by atoms with van der Waals surface area (Å²) in [5.41, 5.74) is 1.30. The van der Waals surface area contributed by atoms with E-state index in [1.807, 2.05) is 6.07 Å². The molecule has 0 atom stereocenters. The first-order valence-corrected chi connectivity index (χ1v) is 5.81. The van der Waals surface area contributed by atoms with Gasteiger partial charge in [0.2, 0.25) is 0 Å². The molecule has 0 aliphatic carbocycles. The Bertz CT molecular complexity index is 796. The Morgan fingerprint density at radius 2 is 2.11 bits per heavy atom. The molecule has 0 saturated heterocycles. The Balaban J connectivity index is 2.14. The lowest BCUT2D eigenvalue weighted by molar-refractivity contribution is 0.474. The van der Waals surface area contributed by atoms with E-state index in [9.17, 15) is 9.90 Å². The third kappa shape index (κ3) is 2.18. The van der Waals surface area contributed by atoms with Gasteiger partial charge < -0.3 is 5.11 Å². The fourth-order valence-corrected chi connectivity index (χ4v) is 2.02. The number of rotatable bonds is 2. The predicted octanol–water partition coefficient (Wildman–Crippen LogP) is 1.55. The lowest BCUT2D eigenvalue weighted by atomic mass is 10.2. The summed E-state index contributed by atoms with van der Waals surface area (Å²) in [6.45, 7) is 0.363. The number of aromatic nitrogens is 3. The SMILES string of the molecule is O=c1ccc2cncnc2n1Cc1cccc(O)c1. The largest absolute Gasteiger partial charge is 0.508 e. The van der Waals surface area contributed by atoms with Crippen LogP contribution in [0.1, 0.15) is 5.56 Å². The first-order valence-electron chi connectivity index (χ1n) is 5.81. The number of phenols is 1. The third-order valence-electron chi connectivity index (χ3n) is 2.90. The molecule has 2 heterocycles. The number of phenolic OH excluding ortho intramolecular Hbond substituents is 1. The van der Waals surface area contributed by atoms with Gasteiger partial charge in [0.05, 0.1) is 6.54 Å². The minimum Gasteiger partial charge on any atom is -0.508 e. The molecule has 0 amide bonds. The van der Waals surface area contributed by atoms with E-state index >= 15 is 0 Å². The van der Waals surface area contributed by atoms with Crippen molar-refractivity contribution in [3.05, 3.63) is 64.8 Å². The quantitative estimate of drug-likeness (QED) is 0.752. The van der Waals surface area contributed by atoms with Crippen LogP contribution < -0.4 is 5.56 Å². The fourth-order valence-electron chi connectivity index (χ4n) is 2.02. The van der Waals surface area contributed by atoms with Gasteiger partial charge in [0.1, 0.15) is 17.7 Å². The molecule has 3 aromatic rings. The van der Waals surface area contributed by atoms with Gasteiger partial charge in [-0.05, 0) is 23.8 Å². The zero-order valence-electron chi connectivity index (χ0n) is 10.0. The highest BCUT2D eigenvalue weighted by Crippen LogP contribution is 2.13. The molecule has 19 heavy (non-hydrogen) atoms. The van der Waals surface area contributed by atoms with Gasteiger partial charge in [-0.2, -0.15) is 0 Å². The second kappa shape index (κ2) is 4.53. The molecule has 94 valence electrons. The lowest BCUT2D eigenvalue weighted by Crippen LogP contribution is -2.20. The van der Waals surface area contributed by atoms with E-state index in [0.29, 0.717) is 12.2 Å². The van der Waals surface area contributed by atoms with Gasteiger partial charge in [-0.3, -0.25) is 9.36 Å². The van der Waals surface area contributed by atoms with Crippen LogP contribution in [0.5, 0.6) is 5.75 Å². The maximum atomic E-state index is 12.0. The van der Waals surface area contributed by atoms with Crippen LogP contribution in [0.4, 0.5) is 0 Å². The number of fused-ring (bicyclic) bond motifs is 1. The summed E-state index contributed by atoms with van der Waals surface area (Å²) in [4.78, 5) is 20.1. The highest BCUT2D eigenvalue weighted by atomic mass is 16.3. The molecule has 5 heteroatoms. The van der Waals surface area contributed by atoms with E-state index in [2.05, 4.69) is 9.97 Å². The maximum Gasteiger partial charge on any atom is 0.252 e. The van der Waals surface area contributed by atoms with E-state index in [-0.39, 0.29) is 11.3 Å². The molecule has 1 N–H and O–H groups in total. The van der Waals surface area contributed by atoms with Gasteiger partial charge in [0, 0.05) is 17.6 Å². The molecule has 2 aromatic heterocycles. The van der Waals surface area contributed by atoms with Gasteiger partial charge in [-0.15, -0.1) is 0 Å². The number of pyridine rings is 1. The smallest absolute Gasteiger partial charge is 0.252 e. The third-order valence-corrected chi connectivity index (χ3v) is 2.90. The van der Waals surface area contributed by atoms with Crippen LogP contribution in [0.2, 0.25) is 0 Å². The van der Waals surface area contributed by atoms with Gasteiger partial charge in [-0.25, -0.2) is 9.97 Å². The van der Waals surface area contributed by atoms with E-state index < -0.39 is 0 Å². The van der Waals surface area contributed by atoms with Crippen molar-refractivity contribution in [2.45, 2.75) is 6.54 Å². The summed E-state index contributed by atoms with van der Waals surface area (Å²) in [7, 11) is 0. The second-order valence-corrected chi connectivity index (χ2v) is 4.23. The Morgan fingerprint density at radius 1 is 1.21 bits per heavy atom. The molecule has 5 nitrogen and oxygen atoms in total. The Hall–Kier alpha value is -2.69. The topological polar surface area (TPSA) is 68.0 Å². The molecular weight excluding hydrogens is 242 g/mol. The van der Waals surface area contributed by atoms with Gasteiger partial charge >= 0.3 is 0 Å². The molecule has 0 spiro atoms. The van der Waals surface area contributed by atoms with Crippen LogP contribution in [0, 0.1) is 0 Å². The van der Waals surface area contributed by atoms with Crippen LogP contribution in [-0.2, 0) is 6.54 Å². The molecular formula is C14H11N3O2. The summed E-state index contributed by atoms with van der Waals surface area (Å²) in [5.74, 6) is 0.181. The summed E-state index contributed by atoms with van der Waals surface area (Å²) in [6.07, 6.45) is 3.08. The first kappa shape index (κ1) is 11.4. The standard InChI is InChI=1S/C14H11N3O2/c18-12-3-1-2-10(6-12)8-17-13(19)5-4-11-7-15-9-16-14(11)17/h1-7,9,18H,8H2. The van der Waals surface area contributed by atoms with Gasteiger partial charge in [0.15, 0.2) is 0 Å². The van der Waals surface area contributed by atoms with Crippen LogP contribution in [-0.4, -0.2) is 19.6 Å². The van der Waals surface area contributed by atoms with E-state index in [4.69, 9.17) is 0 Å². The van der Waals surface area contributed by atoms with Crippen molar-refractivity contribution in [3.8, 4) is 5.75 Å². The summed E-state index contributed by atoms with van der Waals surface area (Å²) < 4.78 is 1.56. The molecule has 1 aromatic carbocycles. The van der Waals surface area contributed by atoms with Crippen molar-refractivity contribution < 1.29 is 5.11 Å². The van der Waals surface area contributed by atoms with Crippen LogP contribution in [0.15, 0.2) is 53.7 Å². The average Bonchev–Trinajstić information content (AvgIpc) is 2.42. The van der Waals surface area contributed by atoms with Crippen molar-refractivity contribution in [1.82, 2.24) is 14.5 Å². The van der Waals surface area contributed by atoms with Crippen molar-refractivity contribution in [2.75, 3.05) is 0 Å². The monoisotopic (exact) mass is 253 g/mol. The molecule has 0 radical (unpaired) electrons. The van der Waals surface area contributed by atoms with Crippen molar-refractivity contribution in [1.29, 1.82) is 0 Å². The first-order chi connectivity index (χ1) is 9.24. The molecule has 0 saturated carbocycles. The minimum atomic E-state index is -0.130. The van der Waals surface area contributed by atoms with Gasteiger partial charge in [0.25, 0.3) is 5.56 Å². The van der Waals surface area contributed by atoms with E-state index in [0.717, 1.165) is 10.9 Å². The highest BCUT2D eigenvalue weighted by Gasteiger charge is 2.05. The Kier molecular flexibility index (Phi) is 2.72. The molecule has 3 rings (SSSR count). The Morgan fingerprint density at radius 3 is 2.95 bits per heavy atom. The minimum absolute atomic E-state index is 0.130. The molecule has 0 aliphatic heterocycles. The number of benzene rings is 1. The predicted molar refractivity (Wildman–Crippen MR) is 71.0 cm³/mol. The maximum absolute atomic E-state index is 12.0. The number of aromatic hydroxyl groups is 1. The van der Waals surface area contributed by atoms with Crippen LogP contribution in [0.25, 0.3) is 11.0 Å². The van der Waals surface area contributed by atoms with Crippen LogP contribution in [0.3, 0.4) is 0 Å². The Labute approximate surface area is 108 Å². The van der Waals surface area contributed by atoms with Crippen LogP contribution >= 0.6 is 0 Å². The number of hydrogen-bond acceptors (Lipinski definition) is 4. The zero-order chi connectivity index (χ0) is 13.2. The average molecular weight is 253 g/mol. The van der Waals surface area contributed by atoms with Gasteiger partial charge in [-0.1, -0.05) is 12.1 Å². The van der Waals surface area contributed by atoms with Crippen molar-refractivity contribution >= 4 is 11.0 Å². The molecule has 0 bridgehead atoms. The van der Waals surface area contributed by atoms with E-state index in [1.165, 1.54) is 12.4 Å². The second-order valence-electron chi connectivity index (χ2n) is 4.23. The normalized spacial score (nSPS) is 10.7. The lowest BCUT2D eigenvalue weighted by Gasteiger charge is -2.08. The summed E-state index contributed by atoms with van der Waals surface area (Å²) in [5, 5.41) is 10.3. The van der Waals surface area contributed by atoms with Crippen molar-refractivity contribution in [2.24, 2.45) is 0 Å². The van der Waals surface area contributed by atoms with Crippen molar-refractivity contribution in [3.63, 3.8) is 0 Å². The van der Waals surface area contributed by atoms with E-state index in [1.54, 1.807) is 35.0 Å². The number of hydrogen-bond donors (Lipinski definition) is 1. The fraction of sp³-hybridized carbons (Fsp3) is 0.0714. The highest BCUT2D eigenvalue weighted by molar-refractivity contribution is 5.73. The molecule has 0 unspecified atom stereocenters. The zero-order valence-corrected chi connectivity index (χ0v) is 10.0. The number of nitrogens with zero attached hydrogens (tertiary/aromatic N) is 3.